The molecule has 0 aliphatic rings. The molecule has 6 nitrogen and oxygen atoms in total. The number of aryl methyl sites for hydroxylation is 1. The minimum Gasteiger partial charge on any atom is -0.398 e. The van der Waals surface area contributed by atoms with Gasteiger partial charge in [-0.15, -0.1) is 0 Å². The third-order valence-corrected chi connectivity index (χ3v) is 4.51. The Morgan fingerprint density at radius 2 is 2.00 bits per heavy atom. The smallest absolute Gasteiger partial charge is 0.250 e. The topological polar surface area (TPSA) is 111 Å². The van der Waals surface area contributed by atoms with Crippen molar-refractivity contribution in [3.05, 3.63) is 66.0 Å². The molecular weight excluding hydrogens is 326 g/mol. The van der Waals surface area contributed by atoms with Gasteiger partial charge >= 0.3 is 0 Å². The molecule has 0 spiro atoms. The van der Waals surface area contributed by atoms with E-state index in [0.29, 0.717) is 5.69 Å². The van der Waals surface area contributed by atoms with Gasteiger partial charge in [0.05, 0.1) is 28.7 Å². The van der Waals surface area contributed by atoms with Gasteiger partial charge in [0.2, 0.25) is 0 Å². The van der Waals surface area contributed by atoms with Crippen molar-refractivity contribution in [3.8, 4) is 22.4 Å². The lowest BCUT2D eigenvalue weighted by Gasteiger charge is -2.15. The van der Waals surface area contributed by atoms with Crippen LogP contribution in [-0.2, 0) is 0 Å². The maximum Gasteiger partial charge on any atom is 0.250 e. The Morgan fingerprint density at radius 1 is 1.15 bits per heavy atom. The number of nitrogen functional groups attached to an aromatic ring is 1. The van der Waals surface area contributed by atoms with Crippen molar-refractivity contribution in [2.24, 2.45) is 5.73 Å². The number of benzene rings is 2. The molecule has 0 saturated heterocycles. The van der Waals surface area contributed by atoms with E-state index in [1.165, 1.54) is 0 Å². The molecule has 0 bridgehead atoms. The third-order valence-electron chi connectivity index (χ3n) is 4.51. The molecular formula is C20H17N5O. The van der Waals surface area contributed by atoms with Crippen LogP contribution >= 0.6 is 0 Å². The number of anilines is 1. The quantitative estimate of drug-likeness (QED) is 0.496. The number of carbonyl (C=O) groups is 1. The maximum absolute atomic E-state index is 12.0. The Hall–Kier alpha value is -3.67. The molecule has 26 heavy (non-hydrogen) atoms. The fraction of sp³-hybridized carbons (Fsp3) is 0.0500. The molecule has 0 aliphatic carbocycles. The Labute approximate surface area is 149 Å². The number of aromatic amines is 1. The normalized spacial score (nSPS) is 11.0. The minimum absolute atomic E-state index is 0.281. The molecule has 1 amide bonds. The highest BCUT2D eigenvalue weighted by Gasteiger charge is 2.18. The van der Waals surface area contributed by atoms with Crippen LogP contribution in [0.4, 0.5) is 5.69 Å². The van der Waals surface area contributed by atoms with Gasteiger partial charge < -0.3 is 11.5 Å². The van der Waals surface area contributed by atoms with Crippen molar-refractivity contribution in [2.45, 2.75) is 6.92 Å². The van der Waals surface area contributed by atoms with Crippen LogP contribution in [0.25, 0.3) is 33.3 Å². The summed E-state index contributed by atoms with van der Waals surface area (Å²) in [4.78, 5) is 16.4. The summed E-state index contributed by atoms with van der Waals surface area (Å²) in [6.45, 7) is 2.00. The van der Waals surface area contributed by atoms with Gasteiger partial charge in [-0.2, -0.15) is 5.10 Å². The number of rotatable bonds is 3. The third kappa shape index (κ3) is 2.48. The summed E-state index contributed by atoms with van der Waals surface area (Å²) in [5.74, 6) is -0.571. The predicted molar refractivity (Wildman–Crippen MR) is 102 cm³/mol. The maximum atomic E-state index is 12.0. The van der Waals surface area contributed by atoms with Gasteiger partial charge in [-0.25, -0.2) is 0 Å². The largest absolute Gasteiger partial charge is 0.398 e. The van der Waals surface area contributed by atoms with E-state index < -0.39 is 5.91 Å². The van der Waals surface area contributed by atoms with E-state index in [-0.39, 0.29) is 5.56 Å². The molecule has 4 rings (SSSR count). The lowest BCUT2D eigenvalue weighted by atomic mass is 9.91. The van der Waals surface area contributed by atoms with Crippen molar-refractivity contribution in [1.82, 2.24) is 15.2 Å². The average Bonchev–Trinajstić information content (AvgIpc) is 3.11. The number of fused-ring (bicyclic) bond motifs is 1. The molecule has 6 heteroatoms. The first-order valence-electron chi connectivity index (χ1n) is 8.14. The van der Waals surface area contributed by atoms with Gasteiger partial charge in [-0.05, 0) is 48.4 Å². The van der Waals surface area contributed by atoms with Crippen LogP contribution in [0.2, 0.25) is 0 Å². The van der Waals surface area contributed by atoms with Crippen molar-refractivity contribution >= 4 is 22.5 Å². The SMILES string of the molecule is Cc1ccc2[nH]ncc2c1-c1cc(-c2ccccn2)cc(C(N)=O)c1N. The first kappa shape index (κ1) is 15.8. The summed E-state index contributed by atoms with van der Waals surface area (Å²) in [6, 6.07) is 13.2. The fourth-order valence-corrected chi connectivity index (χ4v) is 3.23. The highest BCUT2D eigenvalue weighted by molar-refractivity contribution is 6.07. The number of aromatic nitrogens is 3. The molecule has 0 saturated carbocycles. The molecule has 2 aromatic carbocycles. The van der Waals surface area contributed by atoms with Crippen LogP contribution in [0.15, 0.2) is 54.9 Å². The van der Waals surface area contributed by atoms with E-state index in [1.807, 2.05) is 43.3 Å². The minimum atomic E-state index is -0.571. The standard InChI is InChI=1S/C20H17N5O/c1-11-5-6-17-15(10-24-25-17)18(11)13-8-12(16-4-2-3-7-23-16)9-14(19(13)21)20(22)26/h2-10H,21H2,1H3,(H2,22,26)(H,24,25). The summed E-state index contributed by atoms with van der Waals surface area (Å²) in [5.41, 5.74) is 17.7. The lowest BCUT2D eigenvalue weighted by molar-refractivity contribution is 0.100. The second kappa shape index (κ2) is 6.00. The van der Waals surface area contributed by atoms with Crippen LogP contribution in [0.1, 0.15) is 15.9 Å². The van der Waals surface area contributed by atoms with E-state index in [2.05, 4.69) is 15.2 Å². The van der Waals surface area contributed by atoms with Gasteiger partial charge in [0.1, 0.15) is 0 Å². The van der Waals surface area contributed by atoms with Crippen molar-refractivity contribution < 1.29 is 4.79 Å². The van der Waals surface area contributed by atoms with Crippen LogP contribution in [0.3, 0.4) is 0 Å². The molecule has 4 aromatic rings. The zero-order chi connectivity index (χ0) is 18.3. The van der Waals surface area contributed by atoms with E-state index >= 15 is 0 Å². The van der Waals surface area contributed by atoms with Gasteiger partial charge in [0.15, 0.2) is 0 Å². The predicted octanol–water partition coefficient (Wildman–Crippen LogP) is 3.28. The number of primary amides is 1. The number of pyridine rings is 1. The van der Waals surface area contributed by atoms with E-state index in [4.69, 9.17) is 11.5 Å². The van der Waals surface area contributed by atoms with Gasteiger partial charge in [-0.1, -0.05) is 12.1 Å². The molecule has 0 radical (unpaired) electrons. The number of amides is 1. The zero-order valence-electron chi connectivity index (χ0n) is 14.2. The monoisotopic (exact) mass is 343 g/mol. The summed E-state index contributed by atoms with van der Waals surface area (Å²) in [6.07, 6.45) is 3.46. The summed E-state index contributed by atoms with van der Waals surface area (Å²) in [7, 11) is 0. The molecule has 0 unspecified atom stereocenters. The van der Waals surface area contributed by atoms with Crippen LogP contribution in [0, 0.1) is 6.92 Å². The molecule has 2 aromatic heterocycles. The van der Waals surface area contributed by atoms with Crippen LogP contribution in [0.5, 0.6) is 0 Å². The summed E-state index contributed by atoms with van der Waals surface area (Å²) < 4.78 is 0. The van der Waals surface area contributed by atoms with Crippen molar-refractivity contribution in [1.29, 1.82) is 0 Å². The van der Waals surface area contributed by atoms with E-state index in [1.54, 1.807) is 18.5 Å². The van der Waals surface area contributed by atoms with Crippen molar-refractivity contribution in [3.63, 3.8) is 0 Å². The summed E-state index contributed by atoms with van der Waals surface area (Å²) >= 11 is 0. The van der Waals surface area contributed by atoms with E-state index in [9.17, 15) is 4.79 Å². The van der Waals surface area contributed by atoms with Gasteiger partial charge in [-0.3, -0.25) is 14.9 Å². The Bertz CT molecular complexity index is 1130. The first-order valence-corrected chi connectivity index (χ1v) is 8.14. The second-order valence-electron chi connectivity index (χ2n) is 6.15. The molecule has 0 atom stereocenters. The number of nitrogens with one attached hydrogen (secondary N) is 1. The number of carbonyl (C=O) groups excluding carboxylic acids is 1. The Balaban J connectivity index is 2.07. The highest BCUT2D eigenvalue weighted by Crippen LogP contribution is 2.38. The van der Waals surface area contributed by atoms with Gasteiger partial charge in [0.25, 0.3) is 5.91 Å². The van der Waals surface area contributed by atoms with Gasteiger partial charge in [0, 0.05) is 22.7 Å². The number of nitrogens with two attached hydrogens (primary N) is 2. The van der Waals surface area contributed by atoms with Crippen molar-refractivity contribution in [2.75, 3.05) is 5.73 Å². The average molecular weight is 343 g/mol. The Morgan fingerprint density at radius 3 is 2.73 bits per heavy atom. The molecule has 128 valence electrons. The number of nitrogens with zero attached hydrogens (tertiary/aromatic N) is 2. The zero-order valence-corrected chi connectivity index (χ0v) is 14.2. The van der Waals surface area contributed by atoms with Crippen LogP contribution in [-0.4, -0.2) is 21.1 Å². The molecule has 2 heterocycles. The van der Waals surface area contributed by atoms with E-state index in [0.717, 1.165) is 38.9 Å². The molecule has 5 N–H and O–H groups in total. The lowest BCUT2D eigenvalue weighted by Crippen LogP contribution is -2.14. The molecule has 0 fully saturated rings. The number of H-pyrrole nitrogens is 1. The fourth-order valence-electron chi connectivity index (χ4n) is 3.23. The Kier molecular flexibility index (Phi) is 3.65. The first-order chi connectivity index (χ1) is 12.6. The number of hydrogen-bond donors (Lipinski definition) is 3. The van der Waals surface area contributed by atoms with Crippen LogP contribution < -0.4 is 11.5 Å². The summed E-state index contributed by atoms with van der Waals surface area (Å²) in [5, 5.41) is 8.03. The second-order valence-corrected chi connectivity index (χ2v) is 6.15. The molecule has 0 aliphatic heterocycles. The highest BCUT2D eigenvalue weighted by atomic mass is 16.1. The number of hydrogen-bond acceptors (Lipinski definition) is 4.